The van der Waals surface area contributed by atoms with Gasteiger partial charge in [0.1, 0.15) is 23.1 Å². The van der Waals surface area contributed by atoms with Crippen LogP contribution in [-0.4, -0.2) is 62.5 Å². The molecule has 218 valence electrons. The van der Waals surface area contributed by atoms with Crippen LogP contribution in [0.25, 0.3) is 11.1 Å². The molecule has 0 unspecified atom stereocenters. The molecule has 0 bridgehead atoms. The fourth-order valence-electron chi connectivity index (χ4n) is 7.01. The smallest absolute Gasteiger partial charge is 0.245 e. The third-order valence-corrected chi connectivity index (χ3v) is 11.1. The molecule has 0 aliphatic carbocycles. The monoisotopic (exact) mass is 577 g/mol. The van der Waals surface area contributed by atoms with Crippen molar-refractivity contribution in [2.24, 2.45) is 5.92 Å². The lowest BCUT2D eigenvalue weighted by Crippen LogP contribution is -2.43. The van der Waals surface area contributed by atoms with E-state index in [9.17, 15) is 12.8 Å². The molecule has 0 saturated carbocycles. The van der Waals surface area contributed by atoms with Crippen molar-refractivity contribution in [1.29, 1.82) is 0 Å². The Labute approximate surface area is 243 Å². The number of hydrogen-bond donors (Lipinski definition) is 0. The molecule has 0 spiro atoms. The number of hydrogen-bond acceptors (Lipinski definition) is 5. The number of likely N-dealkylation sites (N-methyl/N-ethyl adjacent to an activating group) is 1. The Morgan fingerprint density at radius 2 is 1.68 bits per heavy atom. The van der Waals surface area contributed by atoms with Gasteiger partial charge in [-0.15, -0.1) is 0 Å². The van der Waals surface area contributed by atoms with Gasteiger partial charge in [-0.2, -0.15) is 4.31 Å². The van der Waals surface area contributed by atoms with Crippen LogP contribution in [0.5, 0.6) is 5.75 Å². The minimum Gasteiger partial charge on any atom is -0.491 e. The molecule has 41 heavy (non-hydrogen) atoms. The predicted molar refractivity (Wildman–Crippen MR) is 162 cm³/mol. The second kappa shape index (κ2) is 11.0. The van der Waals surface area contributed by atoms with Crippen LogP contribution in [0.15, 0.2) is 71.6 Å². The Hall–Kier alpha value is -2.94. The number of anilines is 2. The van der Waals surface area contributed by atoms with Gasteiger partial charge < -0.3 is 9.64 Å². The Morgan fingerprint density at radius 1 is 1.00 bits per heavy atom. The van der Waals surface area contributed by atoms with Crippen LogP contribution in [0.4, 0.5) is 15.8 Å². The largest absolute Gasteiger partial charge is 0.491 e. The summed E-state index contributed by atoms with van der Waals surface area (Å²) in [6.07, 6.45) is 5.29. The number of para-hydroxylation sites is 1. The van der Waals surface area contributed by atoms with Crippen LogP contribution < -0.4 is 9.64 Å². The van der Waals surface area contributed by atoms with Crippen molar-refractivity contribution in [2.75, 3.05) is 38.2 Å². The number of nitrogens with zero attached hydrogens (tertiary/aromatic N) is 3. The Balaban J connectivity index is 1.52. The lowest BCUT2D eigenvalue weighted by molar-refractivity contribution is 0.114. The summed E-state index contributed by atoms with van der Waals surface area (Å²) in [5.74, 6) is 0.617. The van der Waals surface area contributed by atoms with Gasteiger partial charge in [0.15, 0.2) is 0 Å². The molecule has 3 aromatic rings. The predicted octanol–water partition coefficient (Wildman–Crippen LogP) is 6.69. The zero-order valence-electron chi connectivity index (χ0n) is 24.2. The zero-order chi connectivity index (χ0) is 28.8. The van der Waals surface area contributed by atoms with Crippen molar-refractivity contribution in [2.45, 2.75) is 62.4 Å². The maximum Gasteiger partial charge on any atom is 0.245 e. The van der Waals surface area contributed by atoms with Crippen molar-refractivity contribution in [1.82, 2.24) is 9.21 Å². The van der Waals surface area contributed by atoms with E-state index in [4.69, 9.17) is 4.74 Å². The van der Waals surface area contributed by atoms with Gasteiger partial charge in [0.05, 0.1) is 11.2 Å². The molecule has 3 aliphatic heterocycles. The third-order valence-electron chi connectivity index (χ3n) is 9.19. The first-order valence-electron chi connectivity index (χ1n) is 14.8. The summed E-state index contributed by atoms with van der Waals surface area (Å²) in [5, 5.41) is 0. The van der Waals surface area contributed by atoms with Gasteiger partial charge in [0.2, 0.25) is 10.0 Å². The molecular weight excluding hydrogens is 537 g/mol. The van der Waals surface area contributed by atoms with E-state index in [0.717, 1.165) is 43.6 Å². The number of ether oxygens (including phenoxy) is 1. The second-order valence-corrected chi connectivity index (χ2v) is 14.2. The molecule has 0 amide bonds. The van der Waals surface area contributed by atoms with Gasteiger partial charge >= 0.3 is 0 Å². The molecule has 8 heteroatoms. The number of sulfonamides is 1. The van der Waals surface area contributed by atoms with E-state index in [-0.39, 0.29) is 22.3 Å². The van der Waals surface area contributed by atoms with Crippen LogP contribution in [0.3, 0.4) is 0 Å². The van der Waals surface area contributed by atoms with Crippen LogP contribution in [-0.2, 0) is 10.0 Å². The first kappa shape index (κ1) is 28.2. The molecule has 2 fully saturated rings. The topological polar surface area (TPSA) is 53.1 Å². The zero-order valence-corrected chi connectivity index (χ0v) is 25.0. The molecule has 3 aromatic carbocycles. The number of rotatable bonds is 7. The van der Waals surface area contributed by atoms with E-state index < -0.39 is 10.0 Å². The van der Waals surface area contributed by atoms with Crippen molar-refractivity contribution < 1.29 is 17.5 Å². The second-order valence-electron chi connectivity index (χ2n) is 12.3. The number of fused-ring (bicyclic) bond motifs is 2. The van der Waals surface area contributed by atoms with Crippen molar-refractivity contribution in [3.05, 3.63) is 72.5 Å². The highest BCUT2D eigenvalue weighted by Crippen LogP contribution is 2.46. The van der Waals surface area contributed by atoms with Crippen LogP contribution in [0.1, 0.15) is 46.0 Å². The molecule has 1 atom stereocenters. The fraction of sp³-hybridized carbons (Fsp3) is 0.455. The van der Waals surface area contributed by atoms with E-state index in [0.29, 0.717) is 36.1 Å². The lowest BCUT2D eigenvalue weighted by atomic mass is 9.95. The first-order valence-corrected chi connectivity index (χ1v) is 16.2. The fourth-order valence-corrected chi connectivity index (χ4v) is 8.56. The molecule has 0 aromatic heterocycles. The normalized spacial score (nSPS) is 22.0. The van der Waals surface area contributed by atoms with Gasteiger partial charge in [-0.1, -0.05) is 44.2 Å². The Bertz CT molecular complexity index is 1480. The van der Waals surface area contributed by atoms with Gasteiger partial charge in [0.25, 0.3) is 0 Å². The maximum absolute atomic E-state index is 14.2. The van der Waals surface area contributed by atoms with Crippen LogP contribution in [0, 0.1) is 11.7 Å². The molecule has 6 rings (SSSR count). The summed E-state index contributed by atoms with van der Waals surface area (Å²) in [6, 6.07) is 19.6. The van der Waals surface area contributed by atoms with Gasteiger partial charge in [-0.3, -0.25) is 4.90 Å². The van der Waals surface area contributed by atoms with Gasteiger partial charge in [-0.25, -0.2) is 12.8 Å². The average Bonchev–Trinajstić information content (AvgIpc) is 3.53. The molecule has 0 N–H and O–H groups in total. The molecule has 3 heterocycles. The minimum atomic E-state index is -3.84. The summed E-state index contributed by atoms with van der Waals surface area (Å²) in [4.78, 5) is 4.92. The third kappa shape index (κ3) is 5.26. The molecule has 3 aliphatic rings. The number of halogens is 1. The molecule has 0 radical (unpaired) electrons. The number of benzene rings is 3. The minimum absolute atomic E-state index is 0.0284. The Kier molecular flexibility index (Phi) is 7.59. The highest BCUT2D eigenvalue weighted by Gasteiger charge is 2.45. The summed E-state index contributed by atoms with van der Waals surface area (Å²) in [6.45, 7) is 7.52. The van der Waals surface area contributed by atoms with Gasteiger partial charge in [-0.05, 0) is 87.0 Å². The van der Waals surface area contributed by atoms with E-state index in [2.05, 4.69) is 23.6 Å². The first-order chi connectivity index (χ1) is 19.7. The summed E-state index contributed by atoms with van der Waals surface area (Å²) >= 11 is 0. The summed E-state index contributed by atoms with van der Waals surface area (Å²) in [5.41, 5.74) is 2.96. The highest BCUT2D eigenvalue weighted by atomic mass is 32.2. The van der Waals surface area contributed by atoms with Crippen molar-refractivity contribution in [3.8, 4) is 16.9 Å². The standard InChI is InChI=1S/C33H40FN3O3S/c1-24(2)19-28-22-37(27-9-5-4-6-10-27)30-21-31(40-23-33-15-7-17-36(33)18-8-16-33)29(25-11-13-26(34)14-12-25)20-32(30)41(38,39)35(28)3/h4-6,9-14,20-21,24,28H,7-8,15-19,22-23H2,1-3H3/t28-/m1/s1. The lowest BCUT2D eigenvalue weighted by Gasteiger charge is -2.33. The van der Waals surface area contributed by atoms with Crippen molar-refractivity contribution >= 4 is 21.4 Å². The van der Waals surface area contributed by atoms with E-state index >= 15 is 0 Å². The molecule has 6 nitrogen and oxygen atoms in total. The average molecular weight is 578 g/mol. The van der Waals surface area contributed by atoms with Gasteiger partial charge in [0, 0.05) is 37.0 Å². The SMILES string of the molecule is CC(C)C[C@@H]1CN(c2ccccc2)c2cc(OCC34CCCN3CCC4)c(-c3ccc(F)cc3)cc2S(=O)(=O)N1C. The van der Waals surface area contributed by atoms with E-state index in [1.54, 1.807) is 25.2 Å². The summed E-state index contributed by atoms with van der Waals surface area (Å²) < 4.78 is 50.7. The highest BCUT2D eigenvalue weighted by molar-refractivity contribution is 7.89. The van der Waals surface area contributed by atoms with Crippen LogP contribution >= 0.6 is 0 Å². The summed E-state index contributed by atoms with van der Waals surface area (Å²) in [7, 11) is -2.15. The van der Waals surface area contributed by atoms with E-state index in [1.165, 1.54) is 29.3 Å². The Morgan fingerprint density at radius 3 is 2.34 bits per heavy atom. The molecular formula is C33H40FN3O3S. The maximum atomic E-state index is 14.2. The van der Waals surface area contributed by atoms with Crippen molar-refractivity contribution in [3.63, 3.8) is 0 Å². The van der Waals surface area contributed by atoms with E-state index in [1.807, 2.05) is 36.4 Å². The molecule has 2 saturated heterocycles. The van der Waals surface area contributed by atoms with Crippen LogP contribution in [0.2, 0.25) is 0 Å². The quantitative estimate of drug-likeness (QED) is 0.313.